The lowest BCUT2D eigenvalue weighted by atomic mass is 9.61. The first kappa shape index (κ1) is 21.6. The fourth-order valence-corrected chi connectivity index (χ4v) is 6.36. The van der Waals surface area contributed by atoms with Crippen LogP contribution in [0.15, 0.2) is 12.1 Å². The summed E-state index contributed by atoms with van der Waals surface area (Å²) in [6, 6.07) is 2.53. The minimum atomic E-state index is -1.17. The van der Waals surface area contributed by atoms with E-state index >= 15 is 0 Å². The minimum absolute atomic E-state index is 0.199. The Morgan fingerprint density at radius 3 is 2.03 bits per heavy atom. The molecule has 30 heavy (non-hydrogen) atoms. The molecule has 3 aliphatic rings. The molecule has 4 rings (SSSR count). The molecule has 3 fully saturated rings. The quantitative estimate of drug-likeness (QED) is 0.410. The van der Waals surface area contributed by atoms with Gasteiger partial charge in [0.1, 0.15) is 0 Å². The molecule has 1 aromatic carbocycles. The summed E-state index contributed by atoms with van der Waals surface area (Å²) in [7, 11) is 1.27. The van der Waals surface area contributed by atoms with Crippen LogP contribution in [0.4, 0.5) is 8.78 Å². The Labute approximate surface area is 178 Å². The van der Waals surface area contributed by atoms with E-state index in [4.69, 9.17) is 9.47 Å². The van der Waals surface area contributed by atoms with Gasteiger partial charge in [-0.05, 0) is 99.5 Å². The summed E-state index contributed by atoms with van der Waals surface area (Å²) in [5, 5.41) is 0. The van der Waals surface area contributed by atoms with Crippen molar-refractivity contribution in [3.8, 4) is 11.5 Å². The largest absolute Gasteiger partial charge is 0.494 e. The first-order chi connectivity index (χ1) is 14.5. The van der Waals surface area contributed by atoms with E-state index in [1.807, 2.05) is 0 Å². The van der Waals surface area contributed by atoms with Crippen molar-refractivity contribution in [3.05, 3.63) is 23.8 Å². The molecule has 4 unspecified atom stereocenters. The maximum absolute atomic E-state index is 14.1. The summed E-state index contributed by atoms with van der Waals surface area (Å²) in [6.45, 7) is 2.40. The number of hydrogen-bond donors (Lipinski definition) is 0. The standard InChI is InChI=1S/C25H34F2O3/c1-15-3-4-20-14-19(10-9-18(20)13-15)16-5-7-17(8-6-16)25(28)30-22-12-11-21(29-2)23(26)24(22)27/h11-12,15-20H,3-10,13-14H2,1-2H3. The summed E-state index contributed by atoms with van der Waals surface area (Å²) in [5.41, 5.74) is 0. The number of esters is 1. The predicted octanol–water partition coefficient (Wildman–Crippen LogP) is 6.54. The van der Waals surface area contributed by atoms with Crippen LogP contribution in [-0.2, 0) is 4.79 Å². The Morgan fingerprint density at radius 2 is 1.33 bits per heavy atom. The van der Waals surface area contributed by atoms with Crippen molar-refractivity contribution in [2.75, 3.05) is 7.11 Å². The van der Waals surface area contributed by atoms with Crippen LogP contribution in [0.1, 0.15) is 71.1 Å². The van der Waals surface area contributed by atoms with E-state index in [-0.39, 0.29) is 17.4 Å². The zero-order valence-electron chi connectivity index (χ0n) is 18.2. The molecule has 4 atom stereocenters. The Morgan fingerprint density at radius 1 is 0.800 bits per heavy atom. The van der Waals surface area contributed by atoms with E-state index in [2.05, 4.69) is 6.92 Å². The number of carbonyl (C=O) groups excluding carboxylic acids is 1. The molecule has 0 saturated heterocycles. The van der Waals surface area contributed by atoms with Crippen LogP contribution < -0.4 is 9.47 Å². The maximum Gasteiger partial charge on any atom is 0.314 e. The van der Waals surface area contributed by atoms with Gasteiger partial charge in [0, 0.05) is 0 Å². The topological polar surface area (TPSA) is 35.5 Å². The highest BCUT2D eigenvalue weighted by Gasteiger charge is 2.39. The third-order valence-corrected chi connectivity index (χ3v) is 8.13. The number of fused-ring (bicyclic) bond motifs is 1. The molecular formula is C25H34F2O3. The summed E-state index contributed by atoms with van der Waals surface area (Å²) < 4.78 is 37.9. The van der Waals surface area contributed by atoms with Crippen LogP contribution in [0, 0.1) is 47.1 Å². The van der Waals surface area contributed by atoms with Gasteiger partial charge >= 0.3 is 5.97 Å². The number of halogens is 2. The Balaban J connectivity index is 1.28. The second kappa shape index (κ2) is 9.23. The van der Waals surface area contributed by atoms with Gasteiger partial charge in [-0.2, -0.15) is 8.78 Å². The fraction of sp³-hybridized carbons (Fsp3) is 0.720. The summed E-state index contributed by atoms with van der Waals surface area (Å²) in [6.07, 6.45) is 11.9. The monoisotopic (exact) mass is 420 g/mol. The van der Waals surface area contributed by atoms with Crippen molar-refractivity contribution in [2.24, 2.45) is 35.5 Å². The number of rotatable bonds is 4. The van der Waals surface area contributed by atoms with Gasteiger partial charge in [0.25, 0.3) is 0 Å². The van der Waals surface area contributed by atoms with Crippen molar-refractivity contribution in [2.45, 2.75) is 71.1 Å². The van der Waals surface area contributed by atoms with Crippen LogP contribution in [-0.4, -0.2) is 13.1 Å². The molecule has 3 aliphatic carbocycles. The van der Waals surface area contributed by atoms with Crippen LogP contribution in [0.25, 0.3) is 0 Å². The van der Waals surface area contributed by atoms with E-state index in [1.165, 1.54) is 57.8 Å². The van der Waals surface area contributed by atoms with Crippen molar-refractivity contribution >= 4 is 5.97 Å². The van der Waals surface area contributed by atoms with E-state index in [0.29, 0.717) is 5.92 Å². The smallest absolute Gasteiger partial charge is 0.314 e. The fourth-order valence-electron chi connectivity index (χ4n) is 6.36. The second-order valence-electron chi connectivity index (χ2n) is 9.94. The number of methoxy groups -OCH3 is 1. The molecule has 0 heterocycles. The third kappa shape index (κ3) is 4.50. The molecule has 5 heteroatoms. The van der Waals surface area contributed by atoms with Crippen LogP contribution in [0.2, 0.25) is 0 Å². The number of hydrogen-bond acceptors (Lipinski definition) is 3. The average Bonchev–Trinajstić information content (AvgIpc) is 2.77. The van der Waals surface area contributed by atoms with Crippen molar-refractivity contribution < 1.29 is 23.0 Å². The van der Waals surface area contributed by atoms with Gasteiger partial charge in [-0.15, -0.1) is 0 Å². The lowest BCUT2D eigenvalue weighted by Crippen LogP contribution is -2.35. The van der Waals surface area contributed by atoms with Gasteiger partial charge in [-0.1, -0.05) is 13.3 Å². The highest BCUT2D eigenvalue weighted by Crippen LogP contribution is 2.49. The number of ether oxygens (including phenoxy) is 2. The van der Waals surface area contributed by atoms with Crippen LogP contribution >= 0.6 is 0 Å². The molecule has 0 bridgehead atoms. The van der Waals surface area contributed by atoms with Gasteiger partial charge in [-0.3, -0.25) is 4.79 Å². The minimum Gasteiger partial charge on any atom is -0.494 e. The lowest BCUT2D eigenvalue weighted by molar-refractivity contribution is -0.140. The molecule has 0 radical (unpaired) electrons. The van der Waals surface area contributed by atoms with Crippen LogP contribution in [0.5, 0.6) is 11.5 Å². The normalized spacial score (nSPS) is 34.1. The molecule has 0 amide bonds. The Bertz CT molecular complexity index is 757. The number of benzene rings is 1. The first-order valence-electron chi connectivity index (χ1n) is 11.7. The molecule has 0 spiro atoms. The second-order valence-corrected chi connectivity index (χ2v) is 9.94. The van der Waals surface area contributed by atoms with Crippen LogP contribution in [0.3, 0.4) is 0 Å². The summed E-state index contributed by atoms with van der Waals surface area (Å²) >= 11 is 0. The van der Waals surface area contributed by atoms with Gasteiger partial charge in [0.2, 0.25) is 11.6 Å². The third-order valence-electron chi connectivity index (χ3n) is 8.13. The SMILES string of the molecule is COc1ccc(OC(=O)C2CCC(C3CCC4CC(C)CCC4C3)CC2)c(F)c1F. The Hall–Kier alpha value is -1.65. The van der Waals surface area contributed by atoms with Gasteiger partial charge in [-0.25, -0.2) is 0 Å². The molecule has 3 nitrogen and oxygen atoms in total. The van der Waals surface area contributed by atoms with Crippen molar-refractivity contribution in [3.63, 3.8) is 0 Å². The predicted molar refractivity (Wildman–Crippen MR) is 111 cm³/mol. The molecule has 166 valence electrons. The van der Waals surface area contributed by atoms with E-state index in [9.17, 15) is 13.6 Å². The van der Waals surface area contributed by atoms with Gasteiger partial charge < -0.3 is 9.47 Å². The Kier molecular flexibility index (Phi) is 6.64. The lowest BCUT2D eigenvalue weighted by Gasteiger charge is -2.44. The maximum atomic E-state index is 14.1. The molecular weight excluding hydrogens is 386 g/mol. The van der Waals surface area contributed by atoms with E-state index in [0.717, 1.165) is 49.4 Å². The van der Waals surface area contributed by atoms with E-state index < -0.39 is 17.6 Å². The van der Waals surface area contributed by atoms with Crippen molar-refractivity contribution in [1.82, 2.24) is 0 Å². The molecule has 0 aliphatic heterocycles. The molecule has 3 saturated carbocycles. The highest BCUT2D eigenvalue weighted by atomic mass is 19.2. The molecule has 0 aromatic heterocycles. The molecule has 1 aromatic rings. The number of carbonyl (C=O) groups is 1. The molecule has 0 N–H and O–H groups in total. The summed E-state index contributed by atoms with van der Waals surface area (Å²) in [4.78, 5) is 12.5. The van der Waals surface area contributed by atoms with E-state index in [1.54, 1.807) is 0 Å². The average molecular weight is 421 g/mol. The zero-order chi connectivity index (χ0) is 21.3. The van der Waals surface area contributed by atoms with Crippen molar-refractivity contribution in [1.29, 1.82) is 0 Å². The highest BCUT2D eigenvalue weighted by molar-refractivity contribution is 5.75. The first-order valence-corrected chi connectivity index (χ1v) is 11.7. The van der Waals surface area contributed by atoms with Gasteiger partial charge in [0.05, 0.1) is 13.0 Å². The zero-order valence-corrected chi connectivity index (χ0v) is 18.2. The summed E-state index contributed by atoms with van der Waals surface area (Å²) in [5.74, 6) is 0.725. The van der Waals surface area contributed by atoms with Gasteiger partial charge in [0.15, 0.2) is 11.5 Å².